The molecule has 180 valence electrons. The van der Waals surface area contributed by atoms with Gasteiger partial charge in [-0.1, -0.05) is 43.3 Å². The van der Waals surface area contributed by atoms with Crippen LogP contribution >= 0.6 is 0 Å². The Bertz CT molecular complexity index is 1030. The number of hydrogen-bond acceptors (Lipinski definition) is 5. The molecule has 0 unspecified atom stereocenters. The van der Waals surface area contributed by atoms with Crippen molar-refractivity contribution in [2.75, 3.05) is 11.9 Å². The lowest BCUT2D eigenvalue weighted by Crippen LogP contribution is -2.19. The third-order valence-electron chi connectivity index (χ3n) is 7.05. The molecule has 0 spiro atoms. The second-order valence-corrected chi connectivity index (χ2v) is 9.48. The van der Waals surface area contributed by atoms with Gasteiger partial charge in [-0.15, -0.1) is 11.8 Å². The summed E-state index contributed by atoms with van der Waals surface area (Å²) in [5, 5.41) is 24.6. The van der Waals surface area contributed by atoms with Gasteiger partial charge >= 0.3 is 0 Å². The first-order chi connectivity index (χ1) is 16.6. The monoisotopic (exact) mass is 460 g/mol. The Kier molecular flexibility index (Phi) is 8.26. The molecule has 0 saturated heterocycles. The fourth-order valence-electron chi connectivity index (χ4n) is 5.10. The maximum atomic E-state index is 10.7. The van der Waals surface area contributed by atoms with Gasteiger partial charge in [0, 0.05) is 43.0 Å². The van der Waals surface area contributed by atoms with E-state index in [-0.39, 0.29) is 23.9 Å². The first-order valence-electron chi connectivity index (χ1n) is 12.5. The zero-order valence-electron chi connectivity index (χ0n) is 20.2. The molecule has 2 aromatic rings. The third kappa shape index (κ3) is 5.63. The first kappa shape index (κ1) is 24.3. The van der Waals surface area contributed by atoms with E-state index in [1.54, 1.807) is 6.20 Å². The summed E-state index contributed by atoms with van der Waals surface area (Å²) in [6.07, 6.45) is 8.96. The van der Waals surface area contributed by atoms with E-state index in [2.05, 4.69) is 40.3 Å². The van der Waals surface area contributed by atoms with E-state index in [4.69, 9.17) is 4.74 Å². The number of pyridine rings is 1. The van der Waals surface area contributed by atoms with Crippen molar-refractivity contribution in [3.05, 3.63) is 65.9 Å². The number of fused-ring (bicyclic) bond motifs is 3. The second-order valence-electron chi connectivity index (χ2n) is 9.48. The zero-order valence-corrected chi connectivity index (χ0v) is 20.2. The number of unbranched alkanes of at least 4 members (excludes halogenated alkanes) is 1. The Morgan fingerprint density at radius 1 is 1.24 bits per heavy atom. The number of ether oxygens (including phenoxy) is 1. The summed E-state index contributed by atoms with van der Waals surface area (Å²) < 4.78 is 6.40. The summed E-state index contributed by atoms with van der Waals surface area (Å²) in [6, 6.07) is 12.3. The van der Waals surface area contributed by atoms with E-state index < -0.39 is 12.2 Å². The molecule has 1 saturated carbocycles. The van der Waals surface area contributed by atoms with Crippen LogP contribution in [-0.4, -0.2) is 40.1 Å². The number of nitrogens with zero attached hydrogens (tertiary/aromatic N) is 1. The van der Waals surface area contributed by atoms with Crippen LogP contribution in [0.3, 0.4) is 0 Å². The predicted octanol–water partition coefficient (Wildman–Crippen LogP) is 4.71. The van der Waals surface area contributed by atoms with Gasteiger partial charge in [-0.2, -0.15) is 0 Å². The highest BCUT2D eigenvalue weighted by Gasteiger charge is 2.48. The molecule has 5 heteroatoms. The molecule has 1 aromatic carbocycles. The summed E-state index contributed by atoms with van der Waals surface area (Å²) in [5.41, 5.74) is 2.44. The summed E-state index contributed by atoms with van der Waals surface area (Å²) >= 11 is 0. The molecule has 1 aliphatic carbocycles. The summed E-state index contributed by atoms with van der Waals surface area (Å²) in [7, 11) is 0. The normalized spacial score (nSPS) is 24.6. The van der Waals surface area contributed by atoms with Gasteiger partial charge in [0.15, 0.2) is 0 Å². The molecule has 34 heavy (non-hydrogen) atoms. The molecule has 1 aromatic heterocycles. The molecule has 0 bridgehead atoms. The van der Waals surface area contributed by atoms with Crippen molar-refractivity contribution in [3.8, 4) is 17.6 Å². The van der Waals surface area contributed by atoms with E-state index in [9.17, 15) is 10.2 Å². The number of nitrogens with one attached hydrogen (secondary N) is 1. The maximum Gasteiger partial charge on any atom is 0.126 e. The Morgan fingerprint density at radius 2 is 2.12 bits per heavy atom. The van der Waals surface area contributed by atoms with Gasteiger partial charge in [0.05, 0.1) is 12.2 Å². The van der Waals surface area contributed by atoms with Crippen LogP contribution in [0.25, 0.3) is 0 Å². The van der Waals surface area contributed by atoms with Crippen LogP contribution in [0, 0.1) is 23.7 Å². The van der Waals surface area contributed by atoms with Crippen molar-refractivity contribution in [3.63, 3.8) is 0 Å². The fourth-order valence-corrected chi connectivity index (χ4v) is 5.10. The molecule has 0 amide bonds. The molecule has 2 heterocycles. The lowest BCUT2D eigenvalue weighted by Gasteiger charge is -2.19. The lowest BCUT2D eigenvalue weighted by atomic mass is 9.86. The summed E-state index contributed by atoms with van der Waals surface area (Å²) in [5.74, 6) is 7.97. The van der Waals surface area contributed by atoms with Crippen molar-refractivity contribution in [2.24, 2.45) is 11.8 Å². The van der Waals surface area contributed by atoms with Crippen LogP contribution in [0.2, 0.25) is 0 Å². The van der Waals surface area contributed by atoms with Gasteiger partial charge in [0.2, 0.25) is 0 Å². The minimum Gasteiger partial charge on any atom is -0.489 e. The highest BCUT2D eigenvalue weighted by molar-refractivity contribution is 5.49. The Balaban J connectivity index is 1.37. The van der Waals surface area contributed by atoms with Crippen LogP contribution in [0.1, 0.15) is 56.6 Å². The number of anilines is 1. The Hall–Kier alpha value is -2.81. The van der Waals surface area contributed by atoms with Gasteiger partial charge in [0.25, 0.3) is 0 Å². The summed E-state index contributed by atoms with van der Waals surface area (Å²) in [4.78, 5) is 4.30. The van der Waals surface area contributed by atoms with Crippen LogP contribution in [-0.2, 0) is 6.42 Å². The van der Waals surface area contributed by atoms with Gasteiger partial charge < -0.3 is 20.3 Å². The van der Waals surface area contributed by atoms with Crippen LogP contribution in [0.5, 0.6) is 5.75 Å². The van der Waals surface area contributed by atoms with E-state index in [1.807, 2.05) is 44.2 Å². The average Bonchev–Trinajstić information content (AvgIpc) is 3.36. The number of aliphatic hydroxyl groups excluding tert-OH is 2. The topological polar surface area (TPSA) is 74.6 Å². The quantitative estimate of drug-likeness (QED) is 0.272. The smallest absolute Gasteiger partial charge is 0.126 e. The van der Waals surface area contributed by atoms with E-state index in [0.29, 0.717) is 12.8 Å². The largest absolute Gasteiger partial charge is 0.489 e. The van der Waals surface area contributed by atoms with E-state index in [0.717, 1.165) is 37.4 Å². The lowest BCUT2D eigenvalue weighted by molar-refractivity contribution is 0.134. The Morgan fingerprint density at radius 3 is 2.91 bits per heavy atom. The maximum absolute atomic E-state index is 10.7. The highest BCUT2D eigenvalue weighted by atomic mass is 16.5. The van der Waals surface area contributed by atoms with Crippen LogP contribution < -0.4 is 10.1 Å². The molecule has 5 nitrogen and oxygen atoms in total. The minimum atomic E-state index is -0.570. The van der Waals surface area contributed by atoms with Crippen molar-refractivity contribution in [2.45, 2.75) is 70.2 Å². The van der Waals surface area contributed by atoms with Gasteiger partial charge in [-0.25, -0.2) is 4.98 Å². The van der Waals surface area contributed by atoms with E-state index in [1.165, 1.54) is 11.1 Å². The Labute approximate surface area is 203 Å². The number of aryl methyl sites for hydroxylation is 1. The summed E-state index contributed by atoms with van der Waals surface area (Å²) in [6.45, 7) is 4.70. The molecule has 4 rings (SSSR count). The molecule has 0 radical (unpaired) electrons. The molecular weight excluding hydrogens is 424 g/mol. The molecule has 3 N–H and O–H groups in total. The minimum absolute atomic E-state index is 0.00727. The van der Waals surface area contributed by atoms with Crippen molar-refractivity contribution in [1.29, 1.82) is 0 Å². The molecule has 6 atom stereocenters. The first-order valence-corrected chi connectivity index (χ1v) is 12.5. The third-order valence-corrected chi connectivity index (χ3v) is 7.05. The number of rotatable bonds is 10. The molecule has 2 aliphatic rings. The SMILES string of the molecule is CC#CC[C@@H](C)[C@H](O)C=C[C@@H]1[C@H]2c3cccc(CCCCNc4ccccn4)c3O[C@H]2C[C@H]1O. The number of benzene rings is 1. The van der Waals surface area contributed by atoms with Crippen molar-refractivity contribution < 1.29 is 14.9 Å². The number of aromatic nitrogens is 1. The van der Waals surface area contributed by atoms with Gasteiger partial charge in [0.1, 0.15) is 17.7 Å². The molecular formula is C29H36N2O3. The zero-order chi connectivity index (χ0) is 23.9. The van der Waals surface area contributed by atoms with Crippen LogP contribution in [0.15, 0.2) is 54.7 Å². The predicted molar refractivity (Wildman–Crippen MR) is 136 cm³/mol. The standard InChI is InChI=1S/C29H36N2O3/c1-3-4-10-20(2)24(32)16-15-22-25(33)19-26-28(22)23-13-9-12-21(29(23)34-26)11-5-7-17-30-27-14-6-8-18-31-27/h6,8-9,12-16,18,20,22,24-26,28,32-33H,5,7,10-11,17,19H2,1-2H3,(H,30,31)/t20-,22+,24-,25-,26+,28+/m1/s1. The fraction of sp³-hybridized carbons (Fsp3) is 0.483. The second kappa shape index (κ2) is 11.6. The molecule has 1 aliphatic heterocycles. The number of hydrogen-bond donors (Lipinski definition) is 3. The van der Waals surface area contributed by atoms with E-state index >= 15 is 0 Å². The average molecular weight is 461 g/mol. The van der Waals surface area contributed by atoms with Crippen molar-refractivity contribution in [1.82, 2.24) is 4.98 Å². The van der Waals surface area contributed by atoms with Crippen molar-refractivity contribution >= 4 is 5.82 Å². The molecule has 1 fully saturated rings. The van der Waals surface area contributed by atoms with Gasteiger partial charge in [-0.05, 0) is 49.8 Å². The van der Waals surface area contributed by atoms with Crippen LogP contribution in [0.4, 0.5) is 5.82 Å². The highest BCUT2D eigenvalue weighted by Crippen LogP contribution is 2.52. The number of para-hydroxylation sites is 1. The van der Waals surface area contributed by atoms with Gasteiger partial charge in [-0.3, -0.25) is 0 Å². The number of aliphatic hydroxyl groups is 2.